The van der Waals surface area contributed by atoms with E-state index < -0.39 is 0 Å². The monoisotopic (exact) mass is 468 g/mol. The van der Waals surface area contributed by atoms with Gasteiger partial charge in [-0.05, 0) is 49.7 Å². The van der Waals surface area contributed by atoms with Crippen molar-refractivity contribution in [3.8, 4) is 5.69 Å². The molecule has 1 aromatic heterocycles. The van der Waals surface area contributed by atoms with Crippen LogP contribution in [0.4, 0.5) is 5.69 Å². The van der Waals surface area contributed by atoms with Crippen molar-refractivity contribution < 1.29 is 4.79 Å². The van der Waals surface area contributed by atoms with Crippen molar-refractivity contribution >= 4 is 34.5 Å². The Balaban J connectivity index is 1.75. The normalized spacial score (nSPS) is 15.0. The highest BCUT2D eigenvalue weighted by atomic mass is 35.5. The maximum absolute atomic E-state index is 13.7. The van der Waals surface area contributed by atoms with Crippen molar-refractivity contribution in [2.24, 2.45) is 5.10 Å². The van der Waals surface area contributed by atoms with Gasteiger partial charge in [-0.1, -0.05) is 66.2 Å². The predicted octanol–water partition coefficient (Wildman–Crippen LogP) is 5.35. The molecule has 0 atom stereocenters. The summed E-state index contributed by atoms with van der Waals surface area (Å²) < 4.78 is 1.49. The number of hydrogen-bond acceptors (Lipinski definition) is 3. The number of anilines is 1. The van der Waals surface area contributed by atoms with Crippen molar-refractivity contribution in [2.75, 3.05) is 5.01 Å². The SMILES string of the molecule is CC1=NN(c2cccc(Cl)c2)C(=O)/C1=C(/c1ccccc1)c1c(C)[nH]n(-c2ccccc2)c1=O. The largest absolute Gasteiger partial charge is 0.295 e. The van der Waals surface area contributed by atoms with E-state index in [1.54, 1.807) is 31.2 Å². The summed E-state index contributed by atoms with van der Waals surface area (Å²) in [5, 5.41) is 9.53. The second-order valence-electron chi connectivity index (χ2n) is 7.99. The van der Waals surface area contributed by atoms with Gasteiger partial charge in [0.15, 0.2) is 0 Å². The fraction of sp³-hybridized carbons (Fsp3) is 0.0741. The Morgan fingerprint density at radius 2 is 1.50 bits per heavy atom. The van der Waals surface area contributed by atoms with Gasteiger partial charge in [0.25, 0.3) is 11.5 Å². The minimum absolute atomic E-state index is 0.239. The maximum atomic E-state index is 13.7. The first kappa shape index (κ1) is 21.7. The Labute approximate surface area is 201 Å². The van der Waals surface area contributed by atoms with E-state index in [0.717, 1.165) is 5.56 Å². The number of para-hydroxylation sites is 1. The van der Waals surface area contributed by atoms with E-state index >= 15 is 0 Å². The van der Waals surface area contributed by atoms with Gasteiger partial charge < -0.3 is 0 Å². The molecule has 0 saturated heterocycles. The van der Waals surface area contributed by atoms with Crippen LogP contribution in [0.5, 0.6) is 0 Å². The summed E-state index contributed by atoms with van der Waals surface area (Å²) in [7, 11) is 0. The van der Waals surface area contributed by atoms with Gasteiger partial charge in [-0.2, -0.15) is 10.1 Å². The fourth-order valence-electron chi connectivity index (χ4n) is 4.20. The lowest BCUT2D eigenvalue weighted by Gasteiger charge is -2.14. The van der Waals surface area contributed by atoms with Gasteiger partial charge in [-0.3, -0.25) is 14.7 Å². The summed E-state index contributed by atoms with van der Waals surface area (Å²) in [5.74, 6) is -0.315. The summed E-state index contributed by atoms with van der Waals surface area (Å²) in [4.78, 5) is 27.4. The van der Waals surface area contributed by atoms with Crippen molar-refractivity contribution in [3.63, 3.8) is 0 Å². The predicted molar refractivity (Wildman–Crippen MR) is 136 cm³/mol. The van der Waals surface area contributed by atoms with Crippen LogP contribution in [-0.2, 0) is 4.79 Å². The highest BCUT2D eigenvalue weighted by molar-refractivity contribution is 6.35. The second-order valence-corrected chi connectivity index (χ2v) is 8.42. The molecule has 0 fully saturated rings. The van der Waals surface area contributed by atoms with E-state index in [9.17, 15) is 9.59 Å². The van der Waals surface area contributed by atoms with Crippen molar-refractivity contribution in [1.82, 2.24) is 9.78 Å². The lowest BCUT2D eigenvalue weighted by Crippen LogP contribution is -2.24. The van der Waals surface area contributed by atoms with Gasteiger partial charge >= 0.3 is 0 Å². The molecule has 6 nitrogen and oxygen atoms in total. The van der Waals surface area contributed by atoms with Gasteiger partial charge in [-0.15, -0.1) is 0 Å². The Morgan fingerprint density at radius 3 is 2.18 bits per heavy atom. The number of H-pyrrole nitrogens is 1. The quantitative estimate of drug-likeness (QED) is 0.410. The summed E-state index contributed by atoms with van der Waals surface area (Å²) in [5.41, 5.74) is 4.33. The van der Waals surface area contributed by atoms with E-state index in [1.165, 1.54) is 9.69 Å². The Hall–Kier alpha value is -4.16. The third-order valence-electron chi connectivity index (χ3n) is 5.72. The maximum Gasteiger partial charge on any atom is 0.281 e. The number of carbonyl (C=O) groups is 1. The van der Waals surface area contributed by atoms with Crippen LogP contribution in [0.15, 0.2) is 100 Å². The van der Waals surface area contributed by atoms with E-state index in [4.69, 9.17) is 11.6 Å². The molecule has 0 aliphatic carbocycles. The lowest BCUT2D eigenvalue weighted by atomic mass is 9.91. The summed E-state index contributed by atoms with van der Waals surface area (Å²) >= 11 is 6.15. The van der Waals surface area contributed by atoms with Crippen LogP contribution in [-0.4, -0.2) is 21.4 Å². The number of nitrogens with zero attached hydrogens (tertiary/aromatic N) is 3. The molecule has 0 unspecified atom stereocenters. The third-order valence-corrected chi connectivity index (χ3v) is 5.95. The summed E-state index contributed by atoms with van der Waals surface area (Å²) in [6.45, 7) is 3.61. The standard InChI is InChI=1S/C27H21ClN4O2/c1-17-23(26(33)31(29-17)21-13-7-4-8-14-21)25(19-10-5-3-6-11-19)24-18(2)30-32(27(24)34)22-15-9-12-20(28)16-22/h3-16,29H,1-2H3/b25-24-. The number of rotatable bonds is 4. The minimum atomic E-state index is -0.315. The minimum Gasteiger partial charge on any atom is -0.295 e. The number of halogens is 1. The van der Waals surface area contributed by atoms with Gasteiger partial charge in [0.05, 0.1) is 28.2 Å². The Morgan fingerprint density at radius 1 is 0.853 bits per heavy atom. The smallest absolute Gasteiger partial charge is 0.281 e. The van der Waals surface area contributed by atoms with E-state index in [-0.39, 0.29) is 11.5 Å². The molecular weight excluding hydrogens is 448 g/mol. The molecule has 1 aliphatic heterocycles. The molecule has 0 saturated carbocycles. The number of benzene rings is 3. The number of aryl methyl sites for hydroxylation is 1. The van der Waals surface area contributed by atoms with Crippen molar-refractivity contribution in [3.05, 3.63) is 123 Å². The molecule has 1 aliphatic rings. The highest BCUT2D eigenvalue weighted by Gasteiger charge is 2.34. The van der Waals surface area contributed by atoms with Crippen LogP contribution in [0.25, 0.3) is 11.3 Å². The van der Waals surface area contributed by atoms with Gasteiger partial charge in [0.2, 0.25) is 0 Å². The molecule has 4 aromatic rings. The van der Waals surface area contributed by atoms with Crippen LogP contribution >= 0.6 is 11.6 Å². The average molecular weight is 469 g/mol. The van der Waals surface area contributed by atoms with Gasteiger partial charge in [0, 0.05) is 16.3 Å². The van der Waals surface area contributed by atoms with Crippen LogP contribution < -0.4 is 10.6 Å². The molecule has 0 radical (unpaired) electrons. The average Bonchev–Trinajstić information content (AvgIpc) is 3.31. The first-order valence-electron chi connectivity index (χ1n) is 10.8. The molecule has 5 rings (SSSR count). The van der Waals surface area contributed by atoms with Gasteiger partial charge in [0.1, 0.15) is 0 Å². The van der Waals surface area contributed by atoms with Crippen LogP contribution in [0, 0.1) is 6.92 Å². The topological polar surface area (TPSA) is 70.5 Å². The van der Waals surface area contributed by atoms with Crippen LogP contribution in [0.2, 0.25) is 5.02 Å². The zero-order valence-electron chi connectivity index (χ0n) is 18.6. The summed E-state index contributed by atoms with van der Waals surface area (Å²) in [6, 6.07) is 25.8. The fourth-order valence-corrected chi connectivity index (χ4v) is 4.38. The highest BCUT2D eigenvalue weighted by Crippen LogP contribution is 2.34. The van der Waals surface area contributed by atoms with Gasteiger partial charge in [-0.25, -0.2) is 4.68 Å². The zero-order valence-corrected chi connectivity index (χ0v) is 19.4. The molecule has 0 bridgehead atoms. The third kappa shape index (κ3) is 3.68. The van der Waals surface area contributed by atoms with E-state index in [0.29, 0.717) is 44.5 Å². The van der Waals surface area contributed by atoms with Crippen LogP contribution in [0.1, 0.15) is 23.7 Å². The van der Waals surface area contributed by atoms with Crippen LogP contribution in [0.3, 0.4) is 0 Å². The van der Waals surface area contributed by atoms with E-state index in [1.807, 2.05) is 67.6 Å². The Kier molecular flexibility index (Phi) is 5.51. The van der Waals surface area contributed by atoms with Crippen molar-refractivity contribution in [1.29, 1.82) is 0 Å². The number of carbonyl (C=O) groups excluding carboxylic acids is 1. The molecule has 1 amide bonds. The van der Waals surface area contributed by atoms with E-state index in [2.05, 4.69) is 10.2 Å². The summed E-state index contributed by atoms with van der Waals surface area (Å²) in [6.07, 6.45) is 0. The molecule has 34 heavy (non-hydrogen) atoms. The Bertz CT molecular complexity index is 1520. The first-order valence-corrected chi connectivity index (χ1v) is 11.2. The second kappa shape index (κ2) is 8.65. The first-order chi connectivity index (χ1) is 16.5. The number of hydrogen-bond donors (Lipinski definition) is 1. The number of hydrazone groups is 1. The number of aromatic nitrogens is 2. The molecule has 2 heterocycles. The number of amides is 1. The number of nitrogens with one attached hydrogen (secondary N) is 1. The lowest BCUT2D eigenvalue weighted by molar-refractivity contribution is -0.114. The zero-order chi connectivity index (χ0) is 23.8. The molecule has 0 spiro atoms. The van der Waals surface area contributed by atoms with Crippen molar-refractivity contribution in [2.45, 2.75) is 13.8 Å². The molecule has 168 valence electrons. The molecular formula is C27H21ClN4O2. The molecule has 7 heteroatoms. The number of aromatic amines is 1. The molecule has 3 aromatic carbocycles. The molecule has 1 N–H and O–H groups in total.